The van der Waals surface area contributed by atoms with Crippen molar-refractivity contribution in [2.75, 3.05) is 6.61 Å². The van der Waals surface area contributed by atoms with Crippen LogP contribution in [0.25, 0.3) is 0 Å². The maximum atomic E-state index is 12.4. The van der Waals surface area contributed by atoms with Crippen LogP contribution in [-0.4, -0.2) is 34.9 Å². The van der Waals surface area contributed by atoms with Crippen LogP contribution >= 0.6 is 0 Å². The average Bonchev–Trinajstić information content (AvgIpc) is 3.20. The van der Waals surface area contributed by atoms with Crippen molar-refractivity contribution in [1.82, 2.24) is 5.32 Å². The highest BCUT2D eigenvalue weighted by atomic mass is 16.3. The normalized spacial score (nSPS) is 13.0. The SMILES string of the molecule is CCCCCCCCC/C=C\CCCCCCCCCC(=O)NC(CO)C(O)/C=C/CCCCCCCCCCCCCCCCCCCCCCCCCC. The first kappa shape index (κ1) is 54.9. The lowest BCUT2D eigenvalue weighted by Gasteiger charge is -2.20. The Hall–Kier alpha value is -1.13. The van der Waals surface area contributed by atoms with E-state index in [0.717, 1.165) is 25.7 Å². The van der Waals surface area contributed by atoms with Gasteiger partial charge >= 0.3 is 0 Å². The van der Waals surface area contributed by atoms with E-state index in [4.69, 9.17) is 0 Å². The number of unbranched alkanes of at least 4 members (excludes halogenated alkanes) is 38. The highest BCUT2D eigenvalue weighted by molar-refractivity contribution is 5.76. The molecule has 4 nitrogen and oxygen atoms in total. The molecule has 0 fully saturated rings. The van der Waals surface area contributed by atoms with Crippen LogP contribution < -0.4 is 5.32 Å². The van der Waals surface area contributed by atoms with Gasteiger partial charge in [0.1, 0.15) is 0 Å². The number of nitrogens with one attached hydrogen (secondary N) is 1. The number of rotatable bonds is 47. The zero-order valence-corrected chi connectivity index (χ0v) is 38.2. The molecule has 0 saturated carbocycles. The van der Waals surface area contributed by atoms with Crippen molar-refractivity contribution >= 4 is 5.91 Å². The molecular weight excluding hydrogens is 687 g/mol. The van der Waals surface area contributed by atoms with Gasteiger partial charge in [0, 0.05) is 6.42 Å². The highest BCUT2D eigenvalue weighted by Gasteiger charge is 2.18. The van der Waals surface area contributed by atoms with Crippen LogP contribution in [0.3, 0.4) is 0 Å². The van der Waals surface area contributed by atoms with E-state index in [1.165, 1.54) is 238 Å². The van der Waals surface area contributed by atoms with Crippen molar-refractivity contribution in [3.05, 3.63) is 24.3 Å². The van der Waals surface area contributed by atoms with Crippen LogP contribution in [0, 0.1) is 0 Å². The lowest BCUT2D eigenvalue weighted by Crippen LogP contribution is -2.45. The van der Waals surface area contributed by atoms with Crippen LogP contribution in [0.1, 0.15) is 284 Å². The number of hydrogen-bond acceptors (Lipinski definition) is 3. The second kappa shape index (κ2) is 48.2. The summed E-state index contributed by atoms with van der Waals surface area (Å²) in [5, 5.41) is 23.1. The Morgan fingerprint density at radius 3 is 0.982 bits per heavy atom. The molecule has 2 unspecified atom stereocenters. The van der Waals surface area contributed by atoms with Gasteiger partial charge in [0.2, 0.25) is 5.91 Å². The Bertz CT molecular complexity index is 810. The summed E-state index contributed by atoms with van der Waals surface area (Å²) < 4.78 is 0. The first-order chi connectivity index (χ1) is 27.7. The number of carbonyl (C=O) groups is 1. The Morgan fingerprint density at radius 1 is 0.411 bits per heavy atom. The second-order valence-corrected chi connectivity index (χ2v) is 17.6. The predicted molar refractivity (Wildman–Crippen MR) is 249 cm³/mol. The Balaban J connectivity index is 3.49. The molecule has 0 spiro atoms. The fourth-order valence-corrected chi connectivity index (χ4v) is 8.00. The van der Waals surface area contributed by atoms with Gasteiger partial charge in [-0.25, -0.2) is 0 Å². The minimum Gasteiger partial charge on any atom is -0.394 e. The van der Waals surface area contributed by atoms with Gasteiger partial charge in [-0.3, -0.25) is 4.79 Å². The summed E-state index contributed by atoms with van der Waals surface area (Å²) in [6, 6.07) is -0.623. The van der Waals surface area contributed by atoms with Crippen molar-refractivity contribution in [1.29, 1.82) is 0 Å². The van der Waals surface area contributed by atoms with Gasteiger partial charge in [-0.15, -0.1) is 0 Å². The van der Waals surface area contributed by atoms with Crippen molar-refractivity contribution in [2.45, 2.75) is 296 Å². The molecular formula is C52H101NO3. The van der Waals surface area contributed by atoms with Crippen LogP contribution in [-0.2, 0) is 4.79 Å². The third-order valence-electron chi connectivity index (χ3n) is 11.9. The van der Waals surface area contributed by atoms with Crippen LogP contribution in [0.2, 0.25) is 0 Å². The molecule has 0 aromatic rings. The first-order valence-corrected chi connectivity index (χ1v) is 25.6. The average molecular weight is 788 g/mol. The van der Waals surface area contributed by atoms with Crippen LogP contribution in [0.4, 0.5) is 0 Å². The highest BCUT2D eigenvalue weighted by Crippen LogP contribution is 2.17. The molecule has 0 aromatic heterocycles. The number of hydrogen-bond donors (Lipinski definition) is 3. The number of aliphatic hydroxyl groups excluding tert-OH is 2. The number of allylic oxidation sites excluding steroid dienone is 3. The van der Waals surface area contributed by atoms with Gasteiger partial charge < -0.3 is 15.5 Å². The molecule has 4 heteroatoms. The van der Waals surface area contributed by atoms with Gasteiger partial charge in [-0.05, 0) is 44.9 Å². The smallest absolute Gasteiger partial charge is 0.220 e. The van der Waals surface area contributed by atoms with E-state index in [0.29, 0.717) is 6.42 Å². The maximum absolute atomic E-state index is 12.4. The molecule has 0 aliphatic heterocycles. The van der Waals surface area contributed by atoms with Gasteiger partial charge in [-0.1, -0.05) is 256 Å². The third-order valence-corrected chi connectivity index (χ3v) is 11.9. The van der Waals surface area contributed by atoms with E-state index in [-0.39, 0.29) is 12.5 Å². The Kier molecular flexibility index (Phi) is 47.3. The van der Waals surface area contributed by atoms with E-state index in [1.54, 1.807) is 6.08 Å². The zero-order valence-electron chi connectivity index (χ0n) is 38.2. The minimum atomic E-state index is -0.839. The lowest BCUT2D eigenvalue weighted by molar-refractivity contribution is -0.123. The van der Waals surface area contributed by atoms with Crippen molar-refractivity contribution in [2.24, 2.45) is 0 Å². The second-order valence-electron chi connectivity index (χ2n) is 17.6. The van der Waals surface area contributed by atoms with Crippen LogP contribution in [0.5, 0.6) is 0 Å². The lowest BCUT2D eigenvalue weighted by atomic mass is 10.0. The van der Waals surface area contributed by atoms with Gasteiger partial charge in [-0.2, -0.15) is 0 Å². The summed E-state index contributed by atoms with van der Waals surface area (Å²) in [6.45, 7) is 4.33. The molecule has 3 N–H and O–H groups in total. The fourth-order valence-electron chi connectivity index (χ4n) is 8.00. The molecule has 0 aromatic carbocycles. The molecule has 0 aliphatic rings. The topological polar surface area (TPSA) is 69.6 Å². The standard InChI is InChI=1S/C52H101NO3/c1-3-5-7-9-11-13-15-17-19-21-23-24-25-26-27-28-29-30-31-33-35-37-39-41-43-45-47-51(55)50(49-54)53-52(56)48-46-44-42-40-38-36-34-32-22-20-18-16-14-12-10-8-6-4-2/h20,22,45,47,50-51,54-55H,3-19,21,23-44,46,48-49H2,1-2H3,(H,53,56)/b22-20-,47-45+. The fraction of sp³-hybridized carbons (Fsp3) is 0.904. The van der Waals surface area contributed by atoms with E-state index in [1.807, 2.05) is 6.08 Å². The number of carbonyl (C=O) groups excluding carboxylic acids is 1. The molecule has 0 bridgehead atoms. The molecule has 56 heavy (non-hydrogen) atoms. The number of amides is 1. The van der Waals surface area contributed by atoms with Gasteiger partial charge in [0.05, 0.1) is 18.8 Å². The summed E-state index contributed by atoms with van der Waals surface area (Å²) in [5.41, 5.74) is 0. The monoisotopic (exact) mass is 788 g/mol. The molecule has 2 atom stereocenters. The van der Waals surface area contributed by atoms with Crippen molar-refractivity contribution in [3.63, 3.8) is 0 Å². The summed E-state index contributed by atoms with van der Waals surface area (Å²) in [6.07, 6.45) is 63.2. The molecule has 0 aliphatic carbocycles. The Morgan fingerprint density at radius 2 is 0.679 bits per heavy atom. The predicted octanol–water partition coefficient (Wildman–Crippen LogP) is 16.4. The number of aliphatic hydroxyl groups is 2. The zero-order chi connectivity index (χ0) is 40.7. The molecule has 332 valence electrons. The van der Waals surface area contributed by atoms with Crippen LogP contribution in [0.15, 0.2) is 24.3 Å². The molecule has 0 rings (SSSR count). The van der Waals surface area contributed by atoms with E-state index < -0.39 is 12.1 Å². The summed E-state index contributed by atoms with van der Waals surface area (Å²) in [7, 11) is 0. The van der Waals surface area contributed by atoms with Crippen molar-refractivity contribution < 1.29 is 15.0 Å². The largest absolute Gasteiger partial charge is 0.394 e. The molecule has 0 heterocycles. The van der Waals surface area contributed by atoms with Gasteiger partial charge in [0.25, 0.3) is 0 Å². The molecule has 1 amide bonds. The van der Waals surface area contributed by atoms with E-state index in [9.17, 15) is 15.0 Å². The first-order valence-electron chi connectivity index (χ1n) is 25.6. The van der Waals surface area contributed by atoms with Gasteiger partial charge in [0.15, 0.2) is 0 Å². The minimum absolute atomic E-state index is 0.0650. The van der Waals surface area contributed by atoms with E-state index in [2.05, 4.69) is 31.3 Å². The van der Waals surface area contributed by atoms with Crippen molar-refractivity contribution in [3.8, 4) is 0 Å². The molecule has 0 saturated heterocycles. The quantitative estimate of drug-likeness (QED) is 0.0425. The summed E-state index contributed by atoms with van der Waals surface area (Å²) in [5.74, 6) is -0.0650. The van der Waals surface area contributed by atoms with E-state index >= 15 is 0 Å². The Labute approximate surface area is 351 Å². The summed E-state index contributed by atoms with van der Waals surface area (Å²) >= 11 is 0. The maximum Gasteiger partial charge on any atom is 0.220 e. The summed E-state index contributed by atoms with van der Waals surface area (Å²) in [4.78, 5) is 12.4. The third kappa shape index (κ3) is 44.0. The molecule has 0 radical (unpaired) electrons.